The van der Waals surface area contributed by atoms with Gasteiger partial charge in [0.1, 0.15) is 12.1 Å². The lowest BCUT2D eigenvalue weighted by Gasteiger charge is -2.07. The SMILES string of the molecule is Cc1ccc(OS(=O)On2cnc3ccccc3c2=O)cc1. The van der Waals surface area contributed by atoms with E-state index in [9.17, 15) is 9.00 Å². The Hall–Kier alpha value is -2.67. The Labute approximate surface area is 128 Å². The topological polar surface area (TPSA) is 70.4 Å². The molecule has 0 fully saturated rings. The van der Waals surface area contributed by atoms with Crippen molar-refractivity contribution in [2.45, 2.75) is 6.92 Å². The van der Waals surface area contributed by atoms with E-state index >= 15 is 0 Å². The van der Waals surface area contributed by atoms with Crippen molar-refractivity contribution in [3.05, 3.63) is 70.8 Å². The molecule has 0 aliphatic rings. The zero-order valence-corrected chi connectivity index (χ0v) is 12.4. The molecule has 1 atom stereocenters. The molecule has 0 bridgehead atoms. The Morgan fingerprint density at radius 3 is 2.59 bits per heavy atom. The van der Waals surface area contributed by atoms with Gasteiger partial charge in [-0.2, -0.15) is 4.21 Å². The predicted molar refractivity (Wildman–Crippen MR) is 82.5 cm³/mol. The van der Waals surface area contributed by atoms with Crippen LogP contribution in [0.4, 0.5) is 0 Å². The summed E-state index contributed by atoms with van der Waals surface area (Å²) in [6.07, 6.45) is 1.17. The third-order valence-corrected chi connectivity index (χ3v) is 3.57. The molecule has 3 rings (SSSR count). The predicted octanol–water partition coefficient (Wildman–Crippen LogP) is 1.79. The Morgan fingerprint density at radius 2 is 1.82 bits per heavy atom. The maximum absolute atomic E-state index is 12.2. The average Bonchev–Trinajstić information content (AvgIpc) is 2.53. The van der Waals surface area contributed by atoms with Gasteiger partial charge in [-0.15, -0.1) is 4.73 Å². The van der Waals surface area contributed by atoms with Crippen LogP contribution in [0.25, 0.3) is 10.9 Å². The smallest absolute Gasteiger partial charge is 0.370 e. The number of hydrogen-bond acceptors (Lipinski definition) is 5. The molecule has 0 amide bonds. The van der Waals surface area contributed by atoms with Gasteiger partial charge in [-0.3, -0.25) is 9.08 Å². The zero-order valence-electron chi connectivity index (χ0n) is 11.6. The van der Waals surface area contributed by atoms with Gasteiger partial charge < -0.3 is 4.18 Å². The molecule has 3 aromatic rings. The first-order valence-electron chi connectivity index (χ1n) is 6.45. The summed E-state index contributed by atoms with van der Waals surface area (Å²) in [5.41, 5.74) is 1.14. The Bertz CT molecular complexity index is 890. The summed E-state index contributed by atoms with van der Waals surface area (Å²) in [7, 11) is 0. The summed E-state index contributed by atoms with van der Waals surface area (Å²) in [6.45, 7) is 1.93. The van der Waals surface area contributed by atoms with Gasteiger partial charge in [0.05, 0.1) is 10.9 Å². The second-order valence-corrected chi connectivity index (χ2v) is 5.29. The molecule has 1 unspecified atom stereocenters. The van der Waals surface area contributed by atoms with Crippen LogP contribution in [0.15, 0.2) is 59.7 Å². The monoisotopic (exact) mass is 316 g/mol. The van der Waals surface area contributed by atoms with Gasteiger partial charge in [-0.1, -0.05) is 29.8 Å². The first-order valence-corrected chi connectivity index (χ1v) is 7.45. The van der Waals surface area contributed by atoms with Crippen molar-refractivity contribution in [1.82, 2.24) is 9.71 Å². The maximum atomic E-state index is 12.2. The van der Waals surface area contributed by atoms with E-state index in [1.54, 1.807) is 36.4 Å². The van der Waals surface area contributed by atoms with E-state index in [4.69, 9.17) is 8.47 Å². The summed E-state index contributed by atoms with van der Waals surface area (Å²) in [6, 6.07) is 13.8. The first-order chi connectivity index (χ1) is 10.6. The number of aryl methyl sites for hydroxylation is 1. The van der Waals surface area contributed by atoms with Crippen LogP contribution in [-0.4, -0.2) is 13.9 Å². The fourth-order valence-electron chi connectivity index (χ4n) is 1.86. The molecule has 0 saturated carbocycles. The molecule has 1 aromatic heterocycles. The summed E-state index contributed by atoms with van der Waals surface area (Å²) in [5, 5.41) is 0.373. The molecule has 0 spiro atoms. The van der Waals surface area contributed by atoms with Gasteiger partial charge in [0.15, 0.2) is 0 Å². The van der Waals surface area contributed by atoms with Crippen molar-refractivity contribution in [2.24, 2.45) is 0 Å². The minimum Gasteiger partial charge on any atom is -0.370 e. The normalized spacial score (nSPS) is 12.0. The van der Waals surface area contributed by atoms with Crippen molar-refractivity contribution in [2.75, 3.05) is 0 Å². The van der Waals surface area contributed by atoms with Gasteiger partial charge in [0, 0.05) is 0 Å². The molecule has 22 heavy (non-hydrogen) atoms. The van der Waals surface area contributed by atoms with Gasteiger partial charge in [-0.05, 0) is 31.2 Å². The van der Waals surface area contributed by atoms with Crippen LogP contribution >= 0.6 is 0 Å². The highest BCUT2D eigenvalue weighted by Gasteiger charge is 2.09. The third kappa shape index (κ3) is 2.99. The summed E-state index contributed by atoms with van der Waals surface area (Å²) in [4.78, 5) is 16.2. The van der Waals surface area contributed by atoms with E-state index in [0.29, 0.717) is 16.7 Å². The molecule has 0 aliphatic heterocycles. The number of nitrogens with zero attached hydrogens (tertiary/aromatic N) is 2. The van der Waals surface area contributed by atoms with E-state index in [1.807, 2.05) is 19.1 Å². The maximum Gasteiger partial charge on any atom is 0.437 e. The van der Waals surface area contributed by atoms with E-state index in [0.717, 1.165) is 10.3 Å². The molecule has 0 aliphatic carbocycles. The van der Waals surface area contributed by atoms with E-state index in [1.165, 1.54) is 6.33 Å². The number of para-hydroxylation sites is 1. The van der Waals surface area contributed by atoms with Crippen LogP contribution in [0.3, 0.4) is 0 Å². The molecule has 112 valence electrons. The molecular formula is C15H12N2O4S. The van der Waals surface area contributed by atoms with Gasteiger partial charge in [0.25, 0.3) is 5.56 Å². The number of benzene rings is 2. The van der Waals surface area contributed by atoms with Gasteiger partial charge in [-0.25, -0.2) is 4.98 Å². The molecule has 7 heteroatoms. The first kappa shape index (κ1) is 14.3. The molecule has 6 nitrogen and oxygen atoms in total. The van der Waals surface area contributed by atoms with Crippen molar-refractivity contribution >= 4 is 22.3 Å². The Balaban J connectivity index is 1.81. The quantitative estimate of drug-likeness (QED) is 0.734. The molecule has 0 radical (unpaired) electrons. The van der Waals surface area contributed by atoms with Crippen LogP contribution in [0, 0.1) is 6.92 Å². The fourth-order valence-corrected chi connectivity index (χ4v) is 2.40. The zero-order chi connectivity index (χ0) is 15.5. The van der Waals surface area contributed by atoms with Crippen molar-refractivity contribution < 1.29 is 12.7 Å². The number of rotatable bonds is 4. The summed E-state index contributed by atoms with van der Waals surface area (Å²) in [5.74, 6) is 0.380. The Morgan fingerprint density at radius 1 is 1.09 bits per heavy atom. The van der Waals surface area contributed by atoms with E-state index in [2.05, 4.69) is 4.98 Å². The number of fused-ring (bicyclic) bond motifs is 1. The molecule has 0 saturated heterocycles. The van der Waals surface area contributed by atoms with Crippen LogP contribution in [0.1, 0.15) is 5.56 Å². The summed E-state index contributed by atoms with van der Waals surface area (Å²) >= 11 is -2.16. The molecule has 0 N–H and O–H groups in total. The second-order valence-electron chi connectivity index (χ2n) is 4.57. The lowest BCUT2D eigenvalue weighted by atomic mass is 10.2. The average molecular weight is 316 g/mol. The highest BCUT2D eigenvalue weighted by molar-refractivity contribution is 7.75. The minimum atomic E-state index is -2.16. The van der Waals surface area contributed by atoms with Crippen molar-refractivity contribution in [3.63, 3.8) is 0 Å². The van der Waals surface area contributed by atoms with Crippen LogP contribution in [0.5, 0.6) is 5.75 Å². The lowest BCUT2D eigenvalue weighted by Crippen LogP contribution is -2.30. The lowest BCUT2D eigenvalue weighted by molar-refractivity contribution is 0.260. The molecular weight excluding hydrogens is 304 g/mol. The second kappa shape index (κ2) is 5.98. The molecule has 2 aromatic carbocycles. The highest BCUT2D eigenvalue weighted by Crippen LogP contribution is 2.12. The van der Waals surface area contributed by atoms with Crippen molar-refractivity contribution in [3.8, 4) is 5.75 Å². The van der Waals surface area contributed by atoms with Gasteiger partial charge >= 0.3 is 11.4 Å². The van der Waals surface area contributed by atoms with Crippen LogP contribution < -0.4 is 14.0 Å². The number of hydrogen-bond donors (Lipinski definition) is 0. The Kier molecular flexibility index (Phi) is 3.88. The van der Waals surface area contributed by atoms with Crippen LogP contribution in [-0.2, 0) is 11.4 Å². The van der Waals surface area contributed by atoms with E-state index < -0.39 is 16.9 Å². The standard InChI is InChI=1S/C15H12N2O4S/c1-11-6-8-12(9-7-11)20-22(19)21-17-10-16-14-5-3-2-4-13(14)15(17)18/h2-10H,1H3. The minimum absolute atomic E-state index is 0.373. The largest absolute Gasteiger partial charge is 0.437 e. The number of aromatic nitrogens is 2. The van der Waals surface area contributed by atoms with E-state index in [-0.39, 0.29) is 0 Å². The fraction of sp³-hybridized carbons (Fsp3) is 0.0667. The highest BCUT2D eigenvalue weighted by atomic mass is 32.2. The van der Waals surface area contributed by atoms with Gasteiger partial charge in [0.2, 0.25) is 0 Å². The van der Waals surface area contributed by atoms with Crippen LogP contribution in [0.2, 0.25) is 0 Å². The van der Waals surface area contributed by atoms with Crippen molar-refractivity contribution in [1.29, 1.82) is 0 Å². The third-order valence-electron chi connectivity index (χ3n) is 2.96. The summed E-state index contributed by atoms with van der Waals surface area (Å²) < 4.78 is 22.7. The molecule has 1 heterocycles.